The fraction of sp³-hybridized carbons (Fsp3) is 1.00. The SMILES string of the molecule is CC(C)NCC1(N2CCOCC2)CCCCC1. The molecule has 1 saturated carbocycles. The highest BCUT2D eigenvalue weighted by atomic mass is 16.5. The highest BCUT2D eigenvalue weighted by Crippen LogP contribution is 2.33. The standard InChI is InChI=1S/C14H28N2O/c1-13(2)15-12-14(6-4-3-5-7-14)16-8-10-17-11-9-16/h13,15H,3-12H2,1-2H3. The van der Waals surface area contributed by atoms with Crippen LogP contribution in [0.5, 0.6) is 0 Å². The third kappa shape index (κ3) is 3.43. The molecule has 1 heterocycles. The smallest absolute Gasteiger partial charge is 0.0594 e. The first-order valence-electron chi connectivity index (χ1n) is 7.29. The Morgan fingerprint density at radius 3 is 2.35 bits per heavy atom. The molecule has 0 unspecified atom stereocenters. The van der Waals surface area contributed by atoms with E-state index in [1.54, 1.807) is 0 Å². The van der Waals surface area contributed by atoms with Gasteiger partial charge in [0.05, 0.1) is 13.2 Å². The van der Waals surface area contributed by atoms with Gasteiger partial charge in [0, 0.05) is 31.2 Å². The minimum absolute atomic E-state index is 0.423. The minimum Gasteiger partial charge on any atom is -0.379 e. The lowest BCUT2D eigenvalue weighted by atomic mass is 9.79. The first kappa shape index (κ1) is 13.3. The zero-order chi connectivity index (χ0) is 12.1. The minimum atomic E-state index is 0.423. The van der Waals surface area contributed by atoms with Gasteiger partial charge < -0.3 is 10.1 Å². The molecule has 3 heteroatoms. The lowest BCUT2D eigenvalue weighted by molar-refractivity contribution is -0.0373. The molecule has 0 bridgehead atoms. The van der Waals surface area contributed by atoms with E-state index in [1.165, 1.54) is 32.1 Å². The summed E-state index contributed by atoms with van der Waals surface area (Å²) >= 11 is 0. The molecule has 0 aromatic heterocycles. The Morgan fingerprint density at radius 1 is 1.12 bits per heavy atom. The maximum Gasteiger partial charge on any atom is 0.0594 e. The van der Waals surface area contributed by atoms with Gasteiger partial charge in [0.1, 0.15) is 0 Å². The Kier molecular flexibility index (Phi) is 4.83. The second-order valence-corrected chi connectivity index (χ2v) is 5.92. The summed E-state index contributed by atoms with van der Waals surface area (Å²) in [4.78, 5) is 2.70. The van der Waals surface area contributed by atoms with Crippen molar-refractivity contribution < 1.29 is 4.74 Å². The van der Waals surface area contributed by atoms with Crippen LogP contribution in [0.1, 0.15) is 46.0 Å². The quantitative estimate of drug-likeness (QED) is 0.813. The van der Waals surface area contributed by atoms with Crippen molar-refractivity contribution in [2.75, 3.05) is 32.8 Å². The van der Waals surface area contributed by atoms with Crippen molar-refractivity contribution in [3.05, 3.63) is 0 Å². The summed E-state index contributed by atoms with van der Waals surface area (Å²) in [7, 11) is 0. The van der Waals surface area contributed by atoms with E-state index in [1.807, 2.05) is 0 Å². The third-order valence-electron chi connectivity index (χ3n) is 4.31. The van der Waals surface area contributed by atoms with Gasteiger partial charge >= 0.3 is 0 Å². The summed E-state index contributed by atoms with van der Waals surface area (Å²) in [5.74, 6) is 0. The summed E-state index contributed by atoms with van der Waals surface area (Å²) < 4.78 is 5.50. The summed E-state index contributed by atoms with van der Waals surface area (Å²) in [5.41, 5.74) is 0.423. The molecule has 1 N–H and O–H groups in total. The van der Waals surface area contributed by atoms with Crippen LogP contribution in [0.25, 0.3) is 0 Å². The second-order valence-electron chi connectivity index (χ2n) is 5.92. The van der Waals surface area contributed by atoms with Gasteiger partial charge in [0.15, 0.2) is 0 Å². The normalized spacial score (nSPS) is 26.3. The zero-order valence-electron chi connectivity index (χ0n) is 11.5. The van der Waals surface area contributed by atoms with Gasteiger partial charge in [-0.05, 0) is 12.8 Å². The van der Waals surface area contributed by atoms with Crippen LogP contribution in [0.3, 0.4) is 0 Å². The van der Waals surface area contributed by atoms with Gasteiger partial charge in [-0.25, -0.2) is 0 Å². The van der Waals surface area contributed by atoms with E-state index in [-0.39, 0.29) is 0 Å². The van der Waals surface area contributed by atoms with E-state index in [9.17, 15) is 0 Å². The molecule has 17 heavy (non-hydrogen) atoms. The Balaban J connectivity index is 1.99. The molecular formula is C14H28N2O. The number of rotatable bonds is 4. The molecule has 2 rings (SSSR count). The lowest BCUT2D eigenvalue weighted by Gasteiger charge is -2.48. The van der Waals surface area contributed by atoms with Gasteiger partial charge in [-0.1, -0.05) is 33.1 Å². The Morgan fingerprint density at radius 2 is 1.76 bits per heavy atom. The fourth-order valence-electron chi connectivity index (χ4n) is 3.25. The molecule has 2 fully saturated rings. The van der Waals surface area contributed by atoms with Crippen LogP contribution < -0.4 is 5.32 Å². The molecule has 0 aromatic rings. The molecule has 0 spiro atoms. The van der Waals surface area contributed by atoms with E-state index in [0.717, 1.165) is 32.8 Å². The van der Waals surface area contributed by atoms with Crippen LogP contribution in [-0.4, -0.2) is 49.3 Å². The summed E-state index contributed by atoms with van der Waals surface area (Å²) in [6.07, 6.45) is 6.96. The fourth-order valence-corrected chi connectivity index (χ4v) is 3.25. The Bertz CT molecular complexity index is 218. The number of morpholine rings is 1. The van der Waals surface area contributed by atoms with Crippen molar-refractivity contribution in [3.8, 4) is 0 Å². The van der Waals surface area contributed by atoms with Crippen LogP contribution in [0.15, 0.2) is 0 Å². The van der Waals surface area contributed by atoms with E-state index in [2.05, 4.69) is 24.1 Å². The van der Waals surface area contributed by atoms with Crippen LogP contribution in [0.4, 0.5) is 0 Å². The van der Waals surface area contributed by atoms with Gasteiger partial charge in [0.25, 0.3) is 0 Å². The predicted molar refractivity (Wildman–Crippen MR) is 71.3 cm³/mol. The first-order chi connectivity index (χ1) is 8.23. The largest absolute Gasteiger partial charge is 0.379 e. The van der Waals surface area contributed by atoms with Crippen molar-refractivity contribution >= 4 is 0 Å². The molecule has 0 radical (unpaired) electrons. The van der Waals surface area contributed by atoms with Crippen molar-refractivity contribution in [3.63, 3.8) is 0 Å². The number of nitrogens with one attached hydrogen (secondary N) is 1. The van der Waals surface area contributed by atoms with Crippen molar-refractivity contribution in [2.24, 2.45) is 0 Å². The third-order valence-corrected chi connectivity index (χ3v) is 4.31. The molecule has 1 aliphatic heterocycles. The molecule has 1 saturated heterocycles. The van der Waals surface area contributed by atoms with E-state index in [4.69, 9.17) is 4.74 Å². The van der Waals surface area contributed by atoms with Crippen LogP contribution in [-0.2, 0) is 4.74 Å². The summed E-state index contributed by atoms with van der Waals surface area (Å²) in [6.45, 7) is 9.74. The zero-order valence-corrected chi connectivity index (χ0v) is 11.5. The van der Waals surface area contributed by atoms with Gasteiger partial charge in [-0.15, -0.1) is 0 Å². The van der Waals surface area contributed by atoms with Gasteiger partial charge in [0.2, 0.25) is 0 Å². The number of hydrogen-bond donors (Lipinski definition) is 1. The second kappa shape index (κ2) is 6.17. The van der Waals surface area contributed by atoms with Crippen molar-refractivity contribution in [2.45, 2.75) is 57.5 Å². The molecule has 0 atom stereocenters. The monoisotopic (exact) mass is 240 g/mol. The number of hydrogen-bond acceptors (Lipinski definition) is 3. The van der Waals surface area contributed by atoms with E-state index >= 15 is 0 Å². The molecule has 2 aliphatic rings. The van der Waals surface area contributed by atoms with Crippen molar-refractivity contribution in [1.82, 2.24) is 10.2 Å². The van der Waals surface area contributed by atoms with Crippen molar-refractivity contribution in [1.29, 1.82) is 0 Å². The topological polar surface area (TPSA) is 24.5 Å². The highest BCUT2D eigenvalue weighted by Gasteiger charge is 2.38. The molecule has 3 nitrogen and oxygen atoms in total. The molecule has 1 aliphatic carbocycles. The van der Waals surface area contributed by atoms with E-state index in [0.29, 0.717) is 11.6 Å². The molecule has 0 aromatic carbocycles. The average molecular weight is 240 g/mol. The lowest BCUT2D eigenvalue weighted by Crippen LogP contribution is -2.59. The summed E-state index contributed by atoms with van der Waals surface area (Å²) in [5, 5.41) is 3.67. The summed E-state index contributed by atoms with van der Waals surface area (Å²) in [6, 6.07) is 0.592. The van der Waals surface area contributed by atoms with Crippen LogP contribution >= 0.6 is 0 Å². The average Bonchev–Trinajstić information content (AvgIpc) is 2.39. The molecule has 100 valence electrons. The van der Waals surface area contributed by atoms with Gasteiger partial charge in [-0.2, -0.15) is 0 Å². The number of nitrogens with zero attached hydrogens (tertiary/aromatic N) is 1. The van der Waals surface area contributed by atoms with Crippen LogP contribution in [0.2, 0.25) is 0 Å². The van der Waals surface area contributed by atoms with Crippen LogP contribution in [0, 0.1) is 0 Å². The highest BCUT2D eigenvalue weighted by molar-refractivity contribution is 4.96. The maximum absolute atomic E-state index is 5.50. The molecule has 0 amide bonds. The predicted octanol–water partition coefficient (Wildman–Crippen LogP) is 2.02. The Hall–Kier alpha value is -0.120. The Labute approximate surface area is 106 Å². The maximum atomic E-state index is 5.50. The number of ether oxygens (including phenoxy) is 1. The van der Waals surface area contributed by atoms with E-state index < -0.39 is 0 Å². The van der Waals surface area contributed by atoms with Gasteiger partial charge in [-0.3, -0.25) is 4.90 Å². The first-order valence-corrected chi connectivity index (χ1v) is 7.29. The molecular weight excluding hydrogens is 212 g/mol.